The Kier molecular flexibility index (Phi) is 7.48. The molecule has 3 aromatic carbocycles. The number of nitro benzene ring substituents is 1. The second-order valence-electron chi connectivity index (χ2n) is 7.14. The van der Waals surface area contributed by atoms with Crippen molar-refractivity contribution in [1.82, 2.24) is 20.2 Å². The van der Waals surface area contributed by atoms with E-state index in [1.165, 1.54) is 30.1 Å². The van der Waals surface area contributed by atoms with Gasteiger partial charge in [0.15, 0.2) is 11.0 Å². The van der Waals surface area contributed by atoms with E-state index in [2.05, 4.69) is 20.7 Å². The van der Waals surface area contributed by atoms with E-state index in [9.17, 15) is 14.9 Å². The molecule has 0 saturated carbocycles. The maximum absolute atomic E-state index is 12.3. The molecule has 0 aliphatic rings. The molecule has 1 heterocycles. The van der Waals surface area contributed by atoms with Gasteiger partial charge in [-0.3, -0.25) is 19.5 Å². The lowest BCUT2D eigenvalue weighted by Crippen LogP contribution is -2.20. The van der Waals surface area contributed by atoms with Gasteiger partial charge >= 0.3 is 0 Å². The summed E-state index contributed by atoms with van der Waals surface area (Å²) in [5.74, 6) is 1.10. The summed E-state index contributed by atoms with van der Waals surface area (Å²) >= 11 is 1.23. The fourth-order valence-electron chi connectivity index (χ4n) is 3.12. The van der Waals surface area contributed by atoms with Gasteiger partial charge < -0.3 is 4.74 Å². The van der Waals surface area contributed by atoms with Gasteiger partial charge in [-0.25, -0.2) is 5.43 Å². The van der Waals surface area contributed by atoms with Crippen molar-refractivity contribution in [3.8, 4) is 22.8 Å². The number of nitro groups is 1. The summed E-state index contributed by atoms with van der Waals surface area (Å²) in [6.45, 7) is 0. The highest BCUT2D eigenvalue weighted by Gasteiger charge is 2.17. The quantitative estimate of drug-likeness (QED) is 0.163. The molecule has 0 bridgehead atoms. The third kappa shape index (κ3) is 5.89. The van der Waals surface area contributed by atoms with Crippen molar-refractivity contribution in [2.24, 2.45) is 5.10 Å². The fourth-order valence-corrected chi connectivity index (χ4v) is 3.87. The molecule has 0 aliphatic carbocycles. The van der Waals surface area contributed by atoms with Crippen LogP contribution in [0.3, 0.4) is 0 Å². The lowest BCUT2D eigenvalue weighted by molar-refractivity contribution is -0.384. The Morgan fingerprint density at radius 1 is 1.09 bits per heavy atom. The Hall–Kier alpha value is -4.51. The fraction of sp³-hybridized carbons (Fsp3) is 0.0833. The van der Waals surface area contributed by atoms with Gasteiger partial charge in [-0.2, -0.15) is 5.10 Å². The van der Waals surface area contributed by atoms with Crippen LogP contribution in [0.1, 0.15) is 5.56 Å². The third-order valence-corrected chi connectivity index (χ3v) is 5.76. The molecule has 176 valence electrons. The molecule has 35 heavy (non-hydrogen) atoms. The first kappa shape index (κ1) is 23.6. The highest BCUT2D eigenvalue weighted by molar-refractivity contribution is 7.99. The number of hydrogen-bond acceptors (Lipinski definition) is 8. The lowest BCUT2D eigenvalue weighted by atomic mass is 10.2. The van der Waals surface area contributed by atoms with Crippen LogP contribution in [0.4, 0.5) is 5.69 Å². The van der Waals surface area contributed by atoms with Gasteiger partial charge in [-0.05, 0) is 54.1 Å². The largest absolute Gasteiger partial charge is 0.497 e. The van der Waals surface area contributed by atoms with Crippen LogP contribution in [0, 0.1) is 10.1 Å². The van der Waals surface area contributed by atoms with E-state index in [1.54, 1.807) is 19.2 Å². The zero-order valence-corrected chi connectivity index (χ0v) is 19.4. The SMILES string of the molecule is COc1ccc(-c2nnc(SCC(=O)NN=Cc3ccc([N+](=O)[O-])cc3)n2-c2ccccc2)cc1. The lowest BCUT2D eigenvalue weighted by Gasteiger charge is -2.10. The molecule has 1 N–H and O–H groups in total. The van der Waals surface area contributed by atoms with E-state index in [0.29, 0.717) is 16.5 Å². The summed E-state index contributed by atoms with van der Waals surface area (Å²) in [7, 11) is 1.61. The number of methoxy groups -OCH3 is 1. The van der Waals surface area contributed by atoms with Crippen molar-refractivity contribution in [3.63, 3.8) is 0 Å². The molecule has 0 atom stereocenters. The summed E-state index contributed by atoms with van der Waals surface area (Å²) in [5, 5.41) is 23.9. The number of carbonyl (C=O) groups is 1. The first-order valence-corrected chi connectivity index (χ1v) is 11.4. The zero-order chi connectivity index (χ0) is 24.6. The molecule has 0 saturated heterocycles. The van der Waals surface area contributed by atoms with E-state index in [-0.39, 0.29) is 17.3 Å². The first-order chi connectivity index (χ1) is 17.0. The van der Waals surface area contributed by atoms with E-state index in [0.717, 1.165) is 17.0 Å². The highest BCUT2D eigenvalue weighted by atomic mass is 32.2. The van der Waals surface area contributed by atoms with E-state index in [1.807, 2.05) is 59.2 Å². The molecule has 0 spiro atoms. The van der Waals surface area contributed by atoms with Gasteiger partial charge in [0.2, 0.25) is 0 Å². The van der Waals surface area contributed by atoms with Crippen LogP contribution in [0.25, 0.3) is 17.1 Å². The predicted molar refractivity (Wildman–Crippen MR) is 133 cm³/mol. The first-order valence-electron chi connectivity index (χ1n) is 10.4. The summed E-state index contributed by atoms with van der Waals surface area (Å²) in [4.78, 5) is 22.6. The average Bonchev–Trinajstić information content (AvgIpc) is 3.32. The van der Waals surface area contributed by atoms with E-state index < -0.39 is 4.92 Å². The second-order valence-corrected chi connectivity index (χ2v) is 8.08. The molecular weight excluding hydrogens is 468 g/mol. The molecule has 0 radical (unpaired) electrons. The topological polar surface area (TPSA) is 125 Å². The Balaban J connectivity index is 1.46. The van der Waals surface area contributed by atoms with Crippen molar-refractivity contribution in [3.05, 3.63) is 94.5 Å². The zero-order valence-electron chi connectivity index (χ0n) is 18.6. The highest BCUT2D eigenvalue weighted by Crippen LogP contribution is 2.28. The molecule has 10 nitrogen and oxygen atoms in total. The number of para-hydroxylation sites is 1. The maximum Gasteiger partial charge on any atom is 0.269 e. The number of amides is 1. The van der Waals surface area contributed by atoms with Crippen molar-refractivity contribution in [2.75, 3.05) is 12.9 Å². The molecule has 4 aromatic rings. The van der Waals surface area contributed by atoms with Gasteiger partial charge in [-0.1, -0.05) is 30.0 Å². The van der Waals surface area contributed by atoms with Gasteiger partial charge in [0, 0.05) is 23.4 Å². The number of nitrogens with zero attached hydrogens (tertiary/aromatic N) is 5. The Labute approximate surface area is 204 Å². The molecule has 0 fully saturated rings. The van der Waals surface area contributed by atoms with Crippen LogP contribution in [0.15, 0.2) is 89.1 Å². The second kappa shape index (κ2) is 11.1. The minimum atomic E-state index is -0.478. The molecule has 1 amide bonds. The van der Waals surface area contributed by atoms with Crippen molar-refractivity contribution in [2.45, 2.75) is 5.16 Å². The number of non-ortho nitro benzene ring substituents is 1. The van der Waals surface area contributed by atoms with Gasteiger partial charge in [0.1, 0.15) is 5.75 Å². The molecule has 11 heteroatoms. The Morgan fingerprint density at radius 3 is 2.46 bits per heavy atom. The van der Waals surface area contributed by atoms with Crippen LogP contribution in [-0.2, 0) is 4.79 Å². The summed E-state index contributed by atoms with van der Waals surface area (Å²) in [6, 6.07) is 23.0. The van der Waals surface area contributed by atoms with Crippen LogP contribution < -0.4 is 10.2 Å². The number of hydrogen-bond donors (Lipinski definition) is 1. The minimum absolute atomic E-state index is 0.0147. The maximum atomic E-state index is 12.3. The Bertz CT molecular complexity index is 1340. The standard InChI is InChI=1S/C24H20N6O4S/c1-34-21-13-9-18(10-14-21)23-27-28-24(29(23)19-5-3-2-4-6-19)35-16-22(31)26-25-15-17-7-11-20(12-8-17)30(32)33/h2-15H,16H2,1H3,(H,26,31). The number of rotatable bonds is 9. The monoisotopic (exact) mass is 488 g/mol. The summed E-state index contributed by atoms with van der Waals surface area (Å²) in [6.07, 6.45) is 1.42. The number of aromatic nitrogens is 3. The summed E-state index contributed by atoms with van der Waals surface area (Å²) < 4.78 is 7.12. The number of carbonyl (C=O) groups excluding carboxylic acids is 1. The molecule has 1 aromatic heterocycles. The van der Waals surface area contributed by atoms with Crippen molar-refractivity contribution >= 4 is 29.6 Å². The van der Waals surface area contributed by atoms with Gasteiger partial charge in [0.25, 0.3) is 11.6 Å². The molecule has 4 rings (SSSR count). The van der Waals surface area contributed by atoms with Crippen molar-refractivity contribution < 1.29 is 14.5 Å². The van der Waals surface area contributed by atoms with Gasteiger partial charge in [0.05, 0.1) is 24.0 Å². The summed E-state index contributed by atoms with van der Waals surface area (Å²) in [5.41, 5.74) is 4.78. The third-order valence-electron chi connectivity index (χ3n) is 4.84. The Morgan fingerprint density at radius 2 is 1.80 bits per heavy atom. The normalized spacial score (nSPS) is 10.9. The molecule has 0 aliphatic heterocycles. The van der Waals surface area contributed by atoms with Crippen LogP contribution in [0.5, 0.6) is 5.75 Å². The van der Waals surface area contributed by atoms with E-state index >= 15 is 0 Å². The van der Waals surface area contributed by atoms with E-state index in [4.69, 9.17) is 4.74 Å². The number of hydrazone groups is 1. The predicted octanol–water partition coefficient (Wildman–Crippen LogP) is 4.09. The number of nitrogens with one attached hydrogen (secondary N) is 1. The average molecular weight is 489 g/mol. The molecular formula is C24H20N6O4S. The molecule has 0 unspecified atom stereocenters. The number of benzene rings is 3. The number of thioether (sulfide) groups is 1. The van der Waals surface area contributed by atoms with Crippen LogP contribution in [-0.4, -0.2) is 44.7 Å². The number of ether oxygens (including phenoxy) is 1. The van der Waals surface area contributed by atoms with Crippen LogP contribution >= 0.6 is 11.8 Å². The smallest absolute Gasteiger partial charge is 0.269 e. The van der Waals surface area contributed by atoms with Crippen molar-refractivity contribution in [1.29, 1.82) is 0 Å². The van der Waals surface area contributed by atoms with Gasteiger partial charge in [-0.15, -0.1) is 10.2 Å². The minimum Gasteiger partial charge on any atom is -0.497 e. The van der Waals surface area contributed by atoms with Crippen LogP contribution in [0.2, 0.25) is 0 Å².